The third kappa shape index (κ3) is 3.31. The predicted molar refractivity (Wildman–Crippen MR) is 80.1 cm³/mol. The van der Waals surface area contributed by atoms with Gasteiger partial charge in [0, 0.05) is 12.1 Å². The average molecular weight is 290 g/mol. The zero-order chi connectivity index (χ0) is 14.5. The van der Waals surface area contributed by atoms with E-state index in [9.17, 15) is 9.90 Å². The summed E-state index contributed by atoms with van der Waals surface area (Å²) in [5.41, 5.74) is 2.76. The Morgan fingerprint density at radius 2 is 1.90 bits per heavy atom. The van der Waals surface area contributed by atoms with E-state index in [0.29, 0.717) is 12.1 Å². The van der Waals surface area contributed by atoms with Crippen LogP contribution in [0, 0.1) is 0 Å². The molecular formula is C16H16ClNO2. The Kier molecular flexibility index (Phi) is 4.64. The molecule has 20 heavy (non-hydrogen) atoms. The van der Waals surface area contributed by atoms with Crippen LogP contribution in [0.15, 0.2) is 42.5 Å². The Bertz CT molecular complexity index is 626. The molecule has 2 N–H and O–H groups in total. The summed E-state index contributed by atoms with van der Waals surface area (Å²) in [6.07, 6.45) is 0.928. The lowest BCUT2D eigenvalue weighted by Gasteiger charge is -2.09. The van der Waals surface area contributed by atoms with Gasteiger partial charge in [0.1, 0.15) is 5.75 Å². The third-order valence-electron chi connectivity index (χ3n) is 3.15. The van der Waals surface area contributed by atoms with Crippen LogP contribution in [-0.4, -0.2) is 11.0 Å². The van der Waals surface area contributed by atoms with Crippen LogP contribution in [0.25, 0.3) is 0 Å². The second-order valence-corrected chi connectivity index (χ2v) is 4.88. The maximum Gasteiger partial charge on any atom is 0.251 e. The summed E-state index contributed by atoms with van der Waals surface area (Å²) in [6, 6.07) is 12.4. The second-order valence-electron chi connectivity index (χ2n) is 4.47. The molecule has 0 bridgehead atoms. The van der Waals surface area contributed by atoms with Gasteiger partial charge in [-0.1, -0.05) is 42.8 Å². The lowest BCUT2D eigenvalue weighted by atomic mass is 10.1. The maximum atomic E-state index is 12.0. The highest BCUT2D eigenvalue weighted by Crippen LogP contribution is 2.23. The van der Waals surface area contributed by atoms with E-state index < -0.39 is 0 Å². The van der Waals surface area contributed by atoms with E-state index in [-0.39, 0.29) is 16.7 Å². The number of nitrogens with one attached hydrogen (secondary N) is 1. The van der Waals surface area contributed by atoms with Crippen molar-refractivity contribution in [3.63, 3.8) is 0 Å². The van der Waals surface area contributed by atoms with Gasteiger partial charge in [-0.05, 0) is 35.7 Å². The molecule has 0 unspecified atom stereocenters. The summed E-state index contributed by atoms with van der Waals surface area (Å²) in [5, 5.41) is 12.4. The minimum atomic E-state index is -0.210. The predicted octanol–water partition coefficient (Wildman–Crippen LogP) is 3.54. The number of halogens is 1. The normalized spacial score (nSPS) is 10.3. The Morgan fingerprint density at radius 1 is 1.20 bits per heavy atom. The molecule has 2 aromatic carbocycles. The molecule has 2 rings (SSSR count). The number of amides is 1. The fourth-order valence-electron chi connectivity index (χ4n) is 2.00. The summed E-state index contributed by atoms with van der Waals surface area (Å²) >= 11 is 5.79. The van der Waals surface area contributed by atoms with Crippen molar-refractivity contribution in [3.8, 4) is 5.75 Å². The van der Waals surface area contributed by atoms with E-state index >= 15 is 0 Å². The lowest BCUT2D eigenvalue weighted by molar-refractivity contribution is 0.0951. The third-order valence-corrected chi connectivity index (χ3v) is 3.45. The smallest absolute Gasteiger partial charge is 0.251 e. The first-order chi connectivity index (χ1) is 9.61. The molecule has 0 heterocycles. The summed E-state index contributed by atoms with van der Waals surface area (Å²) in [7, 11) is 0. The summed E-state index contributed by atoms with van der Waals surface area (Å²) < 4.78 is 0. The van der Waals surface area contributed by atoms with Crippen molar-refractivity contribution in [1.29, 1.82) is 0 Å². The van der Waals surface area contributed by atoms with Crippen LogP contribution >= 0.6 is 11.6 Å². The molecule has 0 aliphatic heterocycles. The van der Waals surface area contributed by atoms with Gasteiger partial charge in [0.05, 0.1) is 5.02 Å². The molecule has 3 nitrogen and oxygen atoms in total. The quantitative estimate of drug-likeness (QED) is 0.904. The van der Waals surface area contributed by atoms with E-state index in [1.54, 1.807) is 6.07 Å². The number of carbonyl (C=O) groups excluding carboxylic acids is 1. The average Bonchev–Trinajstić information content (AvgIpc) is 2.47. The van der Waals surface area contributed by atoms with Crippen LogP contribution in [0.1, 0.15) is 28.4 Å². The molecule has 0 aromatic heterocycles. The van der Waals surface area contributed by atoms with Gasteiger partial charge >= 0.3 is 0 Å². The van der Waals surface area contributed by atoms with E-state index in [1.807, 2.05) is 18.2 Å². The topological polar surface area (TPSA) is 49.3 Å². The first-order valence-electron chi connectivity index (χ1n) is 6.45. The molecule has 2 aromatic rings. The van der Waals surface area contributed by atoms with Crippen LogP contribution in [0.5, 0.6) is 5.75 Å². The standard InChI is InChI=1S/C16H16ClNO2/c1-2-11-5-3-4-6-13(11)10-18-16(20)12-7-8-15(19)14(17)9-12/h3-9,19H,2,10H2,1H3,(H,18,20). The first kappa shape index (κ1) is 14.4. The van der Waals surface area contributed by atoms with E-state index in [2.05, 4.69) is 18.3 Å². The van der Waals surface area contributed by atoms with Gasteiger partial charge in [-0.2, -0.15) is 0 Å². The van der Waals surface area contributed by atoms with Crippen LogP contribution in [0.3, 0.4) is 0 Å². The zero-order valence-electron chi connectivity index (χ0n) is 11.2. The Balaban J connectivity index is 2.06. The number of benzene rings is 2. The molecule has 0 atom stereocenters. The molecular weight excluding hydrogens is 274 g/mol. The van der Waals surface area contributed by atoms with Gasteiger partial charge in [0.25, 0.3) is 5.91 Å². The number of phenols is 1. The molecule has 0 saturated heterocycles. The number of aryl methyl sites for hydroxylation is 1. The highest BCUT2D eigenvalue weighted by atomic mass is 35.5. The molecule has 0 spiro atoms. The van der Waals surface area contributed by atoms with Gasteiger partial charge in [-0.25, -0.2) is 0 Å². The first-order valence-corrected chi connectivity index (χ1v) is 6.83. The Labute approximate surface area is 123 Å². The molecule has 4 heteroatoms. The molecule has 0 fully saturated rings. The number of carbonyl (C=O) groups is 1. The van der Waals surface area contributed by atoms with E-state index in [1.165, 1.54) is 17.7 Å². The highest BCUT2D eigenvalue weighted by molar-refractivity contribution is 6.32. The van der Waals surface area contributed by atoms with Gasteiger partial charge in [0.15, 0.2) is 0 Å². The second kappa shape index (κ2) is 6.44. The van der Waals surface area contributed by atoms with Crippen molar-refractivity contribution < 1.29 is 9.90 Å². The minimum Gasteiger partial charge on any atom is -0.506 e. The number of rotatable bonds is 4. The molecule has 1 amide bonds. The Morgan fingerprint density at radius 3 is 2.55 bits per heavy atom. The van der Waals surface area contributed by atoms with Crippen LogP contribution < -0.4 is 5.32 Å². The van der Waals surface area contributed by atoms with Crippen molar-refractivity contribution >= 4 is 17.5 Å². The van der Waals surface area contributed by atoms with Crippen molar-refractivity contribution in [1.82, 2.24) is 5.32 Å². The summed E-state index contributed by atoms with van der Waals surface area (Å²) in [6.45, 7) is 2.56. The SMILES string of the molecule is CCc1ccccc1CNC(=O)c1ccc(O)c(Cl)c1. The summed E-state index contributed by atoms with van der Waals surface area (Å²) in [5.74, 6) is -0.239. The minimum absolute atomic E-state index is 0.0282. The molecule has 0 saturated carbocycles. The Hall–Kier alpha value is -2.00. The van der Waals surface area contributed by atoms with Gasteiger partial charge in [-0.3, -0.25) is 4.79 Å². The van der Waals surface area contributed by atoms with Crippen LogP contribution in [-0.2, 0) is 13.0 Å². The highest BCUT2D eigenvalue weighted by Gasteiger charge is 2.09. The van der Waals surface area contributed by atoms with Gasteiger partial charge in [-0.15, -0.1) is 0 Å². The zero-order valence-corrected chi connectivity index (χ0v) is 11.9. The molecule has 0 aliphatic rings. The molecule has 0 radical (unpaired) electrons. The fraction of sp³-hybridized carbons (Fsp3) is 0.188. The molecule has 104 valence electrons. The number of hydrogen-bond acceptors (Lipinski definition) is 2. The van der Waals surface area contributed by atoms with E-state index in [4.69, 9.17) is 11.6 Å². The van der Waals surface area contributed by atoms with Gasteiger partial charge < -0.3 is 10.4 Å². The fourth-order valence-corrected chi connectivity index (χ4v) is 2.18. The largest absolute Gasteiger partial charge is 0.506 e. The van der Waals surface area contributed by atoms with Crippen molar-refractivity contribution in [2.45, 2.75) is 19.9 Å². The monoisotopic (exact) mass is 289 g/mol. The number of phenolic OH excluding ortho intramolecular Hbond substituents is 1. The van der Waals surface area contributed by atoms with Crippen LogP contribution in [0.4, 0.5) is 0 Å². The van der Waals surface area contributed by atoms with Crippen LogP contribution in [0.2, 0.25) is 5.02 Å². The number of aromatic hydroxyl groups is 1. The van der Waals surface area contributed by atoms with Crippen molar-refractivity contribution in [2.24, 2.45) is 0 Å². The maximum absolute atomic E-state index is 12.0. The lowest BCUT2D eigenvalue weighted by Crippen LogP contribution is -2.23. The van der Waals surface area contributed by atoms with Crippen molar-refractivity contribution in [2.75, 3.05) is 0 Å². The number of hydrogen-bond donors (Lipinski definition) is 2. The summed E-state index contributed by atoms with van der Waals surface area (Å²) in [4.78, 5) is 12.0. The van der Waals surface area contributed by atoms with E-state index in [0.717, 1.165) is 12.0 Å². The van der Waals surface area contributed by atoms with Crippen molar-refractivity contribution in [3.05, 3.63) is 64.2 Å². The van der Waals surface area contributed by atoms with Gasteiger partial charge in [0.2, 0.25) is 0 Å². The molecule has 0 aliphatic carbocycles.